The van der Waals surface area contributed by atoms with Gasteiger partial charge in [-0.25, -0.2) is 0 Å². The van der Waals surface area contributed by atoms with Crippen LogP contribution in [0.5, 0.6) is 0 Å². The van der Waals surface area contributed by atoms with Gasteiger partial charge < -0.3 is 21.7 Å². The van der Waals surface area contributed by atoms with Crippen LogP contribution in [0.1, 0.15) is 23.7 Å². The molecule has 0 heterocycles. The Kier molecular flexibility index (Phi) is 4.56. The van der Waals surface area contributed by atoms with E-state index in [1.807, 2.05) is 0 Å². The lowest BCUT2D eigenvalue weighted by Crippen LogP contribution is -2.27. The third-order valence-corrected chi connectivity index (χ3v) is 2.54. The minimum atomic E-state index is -1.28. The summed E-state index contributed by atoms with van der Waals surface area (Å²) in [6, 6.07) is 6.61. The van der Waals surface area contributed by atoms with E-state index in [1.165, 1.54) is 0 Å². The Morgan fingerprint density at radius 2 is 1.88 bits per heavy atom. The lowest BCUT2D eigenvalue weighted by Gasteiger charge is -2.19. The van der Waals surface area contributed by atoms with Crippen molar-refractivity contribution >= 4 is 23.1 Å². The van der Waals surface area contributed by atoms with Gasteiger partial charge in [0, 0.05) is 5.56 Å². The van der Waals surface area contributed by atoms with E-state index < -0.39 is 18.1 Å². The number of primary amides is 1. The summed E-state index contributed by atoms with van der Waals surface area (Å²) in [4.78, 5) is 10.8. The van der Waals surface area contributed by atoms with Crippen molar-refractivity contribution in [1.29, 1.82) is 0 Å². The highest BCUT2D eigenvalue weighted by atomic mass is 32.1. The zero-order valence-corrected chi connectivity index (χ0v) is 9.85. The fourth-order valence-electron chi connectivity index (χ4n) is 1.50. The monoisotopic (exact) mass is 254 g/mol. The molecular weight excluding hydrogens is 240 g/mol. The third kappa shape index (κ3) is 3.48. The van der Waals surface area contributed by atoms with Gasteiger partial charge in [0.2, 0.25) is 5.91 Å². The van der Waals surface area contributed by atoms with Crippen LogP contribution < -0.4 is 11.5 Å². The molecule has 0 aromatic heterocycles. The van der Waals surface area contributed by atoms with Gasteiger partial charge >= 0.3 is 0 Å². The molecule has 6 heteroatoms. The fraction of sp³-hybridized carbons (Fsp3) is 0.273. The van der Waals surface area contributed by atoms with Gasteiger partial charge in [-0.15, -0.1) is 0 Å². The van der Waals surface area contributed by atoms with Crippen molar-refractivity contribution in [2.24, 2.45) is 11.5 Å². The molecule has 1 aromatic carbocycles. The molecule has 0 bridgehead atoms. The van der Waals surface area contributed by atoms with Gasteiger partial charge in [0.25, 0.3) is 0 Å². The van der Waals surface area contributed by atoms with Crippen LogP contribution >= 0.6 is 12.2 Å². The second-order valence-electron chi connectivity index (χ2n) is 3.63. The summed E-state index contributed by atoms with van der Waals surface area (Å²) in [6.07, 6.45) is -2.85. The van der Waals surface area contributed by atoms with Crippen LogP contribution in [0.15, 0.2) is 24.3 Å². The highest BCUT2D eigenvalue weighted by molar-refractivity contribution is 7.80. The predicted octanol–water partition coefficient (Wildman–Crippen LogP) is -0.410. The van der Waals surface area contributed by atoms with Crippen LogP contribution in [-0.4, -0.2) is 27.2 Å². The van der Waals surface area contributed by atoms with Gasteiger partial charge in [0.05, 0.1) is 12.5 Å². The summed E-state index contributed by atoms with van der Waals surface area (Å²) in [5.74, 6) is -0.690. The largest absolute Gasteiger partial charge is 0.390 e. The van der Waals surface area contributed by atoms with E-state index in [9.17, 15) is 15.0 Å². The Morgan fingerprint density at radius 3 is 2.41 bits per heavy atom. The lowest BCUT2D eigenvalue weighted by molar-refractivity contribution is -0.121. The summed E-state index contributed by atoms with van der Waals surface area (Å²) in [5, 5.41) is 19.5. The average molecular weight is 254 g/mol. The number of nitrogens with two attached hydrogens (primary N) is 2. The third-order valence-electron chi connectivity index (χ3n) is 2.32. The van der Waals surface area contributed by atoms with E-state index in [1.54, 1.807) is 24.3 Å². The summed E-state index contributed by atoms with van der Waals surface area (Å²) in [5.41, 5.74) is 11.3. The van der Waals surface area contributed by atoms with Crippen LogP contribution in [0.25, 0.3) is 0 Å². The number of hydrogen-bond acceptors (Lipinski definition) is 4. The maximum Gasteiger partial charge on any atom is 0.220 e. The Labute approximate surface area is 104 Å². The van der Waals surface area contributed by atoms with E-state index in [4.69, 9.17) is 23.7 Å². The lowest BCUT2D eigenvalue weighted by atomic mass is 9.97. The Bertz CT molecular complexity index is 436. The second-order valence-corrected chi connectivity index (χ2v) is 4.07. The first-order chi connectivity index (χ1) is 7.93. The number of carbonyl (C=O) groups excluding carboxylic acids is 1. The number of rotatable bonds is 5. The molecule has 0 aliphatic heterocycles. The molecule has 1 rings (SSSR count). The van der Waals surface area contributed by atoms with E-state index >= 15 is 0 Å². The van der Waals surface area contributed by atoms with Crippen molar-refractivity contribution in [2.75, 3.05) is 0 Å². The van der Waals surface area contributed by atoms with Crippen molar-refractivity contribution < 1.29 is 15.0 Å². The molecule has 6 N–H and O–H groups in total. The van der Waals surface area contributed by atoms with Crippen LogP contribution in [0.2, 0.25) is 0 Å². The predicted molar refractivity (Wildman–Crippen MR) is 67.1 cm³/mol. The zero-order valence-electron chi connectivity index (χ0n) is 9.04. The minimum absolute atomic E-state index is 0.117. The first-order valence-corrected chi connectivity index (χ1v) is 5.37. The molecule has 0 saturated heterocycles. The Hall–Kier alpha value is -1.50. The van der Waals surface area contributed by atoms with Gasteiger partial charge in [0.1, 0.15) is 11.1 Å². The topological polar surface area (TPSA) is 110 Å². The first kappa shape index (κ1) is 13.6. The summed E-state index contributed by atoms with van der Waals surface area (Å²) < 4.78 is 0. The van der Waals surface area contributed by atoms with Crippen LogP contribution in [-0.2, 0) is 4.79 Å². The molecular formula is C11H14N2O3S. The second kappa shape index (κ2) is 5.72. The fourth-order valence-corrected chi connectivity index (χ4v) is 1.69. The smallest absolute Gasteiger partial charge is 0.220 e. The van der Waals surface area contributed by atoms with Gasteiger partial charge in [-0.2, -0.15) is 0 Å². The van der Waals surface area contributed by atoms with E-state index in [0.29, 0.717) is 11.1 Å². The van der Waals surface area contributed by atoms with E-state index in [2.05, 4.69) is 0 Å². The average Bonchev–Trinajstić information content (AvgIpc) is 2.27. The molecule has 0 aliphatic rings. The number of amides is 1. The number of benzene rings is 1. The summed E-state index contributed by atoms with van der Waals surface area (Å²) in [6.45, 7) is 0. The van der Waals surface area contributed by atoms with Crippen molar-refractivity contribution in [3.63, 3.8) is 0 Å². The van der Waals surface area contributed by atoms with Crippen molar-refractivity contribution in [3.8, 4) is 0 Å². The molecule has 92 valence electrons. The molecule has 1 aromatic rings. The molecule has 0 aliphatic carbocycles. The van der Waals surface area contributed by atoms with Gasteiger partial charge in [-0.3, -0.25) is 4.79 Å². The molecule has 2 unspecified atom stereocenters. The maximum absolute atomic E-state index is 10.7. The Morgan fingerprint density at radius 1 is 1.29 bits per heavy atom. The molecule has 5 nitrogen and oxygen atoms in total. The normalized spacial score (nSPS) is 14.0. The van der Waals surface area contributed by atoms with Crippen LogP contribution in [0, 0.1) is 0 Å². The summed E-state index contributed by atoms with van der Waals surface area (Å²) in [7, 11) is 0. The number of aliphatic hydroxyl groups excluding tert-OH is 2. The standard InChI is InChI=1S/C11H14N2O3S/c12-9(15)5-8(14)10(16)6-3-1-2-4-7(6)11(13)17/h1-4,8,10,14,16H,5H2,(H2,12,15)(H2,13,17). The number of carbonyl (C=O) groups is 1. The maximum atomic E-state index is 10.7. The van der Waals surface area contributed by atoms with Gasteiger partial charge in [-0.1, -0.05) is 36.5 Å². The highest BCUT2D eigenvalue weighted by Crippen LogP contribution is 2.22. The summed E-state index contributed by atoms with van der Waals surface area (Å²) >= 11 is 4.84. The molecule has 1 amide bonds. The number of hydrogen-bond donors (Lipinski definition) is 4. The minimum Gasteiger partial charge on any atom is -0.390 e. The van der Waals surface area contributed by atoms with E-state index in [0.717, 1.165) is 0 Å². The van der Waals surface area contributed by atoms with Gasteiger partial charge in [0.15, 0.2) is 0 Å². The van der Waals surface area contributed by atoms with Crippen molar-refractivity contribution in [1.82, 2.24) is 0 Å². The van der Waals surface area contributed by atoms with Gasteiger partial charge in [-0.05, 0) is 5.56 Å². The number of aliphatic hydroxyl groups is 2. The number of thiocarbonyl (C=S) groups is 1. The van der Waals surface area contributed by atoms with E-state index in [-0.39, 0.29) is 11.4 Å². The van der Waals surface area contributed by atoms with Crippen LogP contribution in [0.3, 0.4) is 0 Å². The molecule has 0 radical (unpaired) electrons. The Balaban J connectivity index is 2.99. The molecule has 0 saturated carbocycles. The molecule has 0 fully saturated rings. The zero-order chi connectivity index (χ0) is 13.0. The first-order valence-electron chi connectivity index (χ1n) is 4.96. The van der Waals surface area contributed by atoms with Crippen molar-refractivity contribution in [3.05, 3.63) is 35.4 Å². The molecule has 2 atom stereocenters. The van der Waals surface area contributed by atoms with Crippen LogP contribution in [0.4, 0.5) is 0 Å². The molecule has 0 spiro atoms. The van der Waals surface area contributed by atoms with Crippen molar-refractivity contribution in [2.45, 2.75) is 18.6 Å². The molecule has 17 heavy (non-hydrogen) atoms. The quantitative estimate of drug-likeness (QED) is 0.534. The SMILES string of the molecule is NC(=O)CC(O)C(O)c1ccccc1C(N)=S. The highest BCUT2D eigenvalue weighted by Gasteiger charge is 2.23.